The molecule has 0 aliphatic heterocycles. The molecule has 21 heavy (non-hydrogen) atoms. The molecule has 0 saturated carbocycles. The van der Waals surface area contributed by atoms with E-state index in [1.165, 1.54) is 9.80 Å². The first kappa shape index (κ1) is 16.7. The summed E-state index contributed by atoms with van der Waals surface area (Å²) in [5.74, 6) is 5.36. The number of aryl methyl sites for hydroxylation is 1. The van der Waals surface area contributed by atoms with E-state index in [-0.39, 0.29) is 24.9 Å². The molecule has 2 N–H and O–H groups in total. The second-order valence-corrected chi connectivity index (χ2v) is 5.04. The van der Waals surface area contributed by atoms with Crippen molar-refractivity contribution >= 4 is 11.8 Å². The topological polar surface area (TPSA) is 66.6 Å². The van der Waals surface area contributed by atoms with Crippen LogP contribution in [0, 0.1) is 18.8 Å². The molecule has 1 aromatic rings. The van der Waals surface area contributed by atoms with E-state index in [0.29, 0.717) is 5.56 Å². The summed E-state index contributed by atoms with van der Waals surface area (Å²) in [6.07, 6.45) is 0. The first-order chi connectivity index (χ1) is 9.85. The summed E-state index contributed by atoms with van der Waals surface area (Å²) in [4.78, 5) is 26.9. The number of carbonyl (C=O) groups excluding carboxylic acids is 2. The van der Waals surface area contributed by atoms with Crippen molar-refractivity contribution in [3.05, 3.63) is 34.9 Å². The zero-order valence-corrected chi connectivity index (χ0v) is 12.9. The minimum Gasteiger partial charge on any atom is -0.347 e. The number of nitrogens with zero attached hydrogens (tertiary/aromatic N) is 2. The van der Waals surface area contributed by atoms with Crippen LogP contribution < -0.4 is 5.73 Å². The van der Waals surface area contributed by atoms with Crippen molar-refractivity contribution in [1.82, 2.24) is 9.80 Å². The van der Waals surface area contributed by atoms with Gasteiger partial charge >= 0.3 is 0 Å². The third-order valence-corrected chi connectivity index (χ3v) is 2.88. The van der Waals surface area contributed by atoms with Gasteiger partial charge in [-0.2, -0.15) is 0 Å². The average Bonchev–Trinajstić information content (AvgIpc) is 2.43. The smallest absolute Gasteiger partial charge is 0.254 e. The van der Waals surface area contributed by atoms with Crippen LogP contribution in [0.15, 0.2) is 18.2 Å². The van der Waals surface area contributed by atoms with Crippen LogP contribution in [0.5, 0.6) is 0 Å². The Morgan fingerprint density at radius 1 is 1.19 bits per heavy atom. The molecule has 0 aliphatic carbocycles. The fraction of sp³-hybridized carbons (Fsp3) is 0.375. The fourth-order valence-corrected chi connectivity index (χ4v) is 1.77. The predicted molar refractivity (Wildman–Crippen MR) is 82.8 cm³/mol. The molecule has 0 aliphatic rings. The van der Waals surface area contributed by atoms with Crippen LogP contribution in [0.3, 0.4) is 0 Å². The molecule has 0 heterocycles. The van der Waals surface area contributed by atoms with Gasteiger partial charge in [0.2, 0.25) is 5.91 Å². The van der Waals surface area contributed by atoms with Crippen molar-refractivity contribution in [2.75, 3.05) is 34.2 Å². The summed E-state index contributed by atoms with van der Waals surface area (Å²) in [6, 6.07) is 5.39. The number of hydrogen-bond acceptors (Lipinski definition) is 3. The van der Waals surface area contributed by atoms with Gasteiger partial charge in [-0.15, -0.1) is 0 Å². The SMILES string of the molecule is Cc1cc(C#CCN)cc(C(=O)N(C)CC(=O)N(C)C)c1. The molecule has 5 nitrogen and oxygen atoms in total. The quantitative estimate of drug-likeness (QED) is 0.822. The van der Waals surface area contributed by atoms with Gasteiger partial charge in [-0.25, -0.2) is 0 Å². The van der Waals surface area contributed by atoms with Crippen molar-refractivity contribution in [3.8, 4) is 11.8 Å². The van der Waals surface area contributed by atoms with Gasteiger partial charge in [0.15, 0.2) is 0 Å². The van der Waals surface area contributed by atoms with Gasteiger partial charge in [-0.1, -0.05) is 11.8 Å². The maximum Gasteiger partial charge on any atom is 0.254 e. The molecular formula is C16H21N3O2. The lowest BCUT2D eigenvalue weighted by atomic mass is 10.1. The van der Waals surface area contributed by atoms with Crippen LogP contribution in [0.25, 0.3) is 0 Å². The van der Waals surface area contributed by atoms with E-state index >= 15 is 0 Å². The molecule has 0 unspecified atom stereocenters. The summed E-state index contributed by atoms with van der Waals surface area (Å²) < 4.78 is 0. The molecule has 0 radical (unpaired) electrons. The molecule has 5 heteroatoms. The zero-order chi connectivity index (χ0) is 16.0. The normalized spacial score (nSPS) is 9.57. The number of hydrogen-bond donors (Lipinski definition) is 1. The minimum absolute atomic E-state index is 0.0452. The number of likely N-dealkylation sites (N-methyl/N-ethyl adjacent to an activating group) is 2. The summed E-state index contributed by atoms with van der Waals surface area (Å²) in [7, 11) is 4.93. The van der Waals surface area contributed by atoms with Gasteiger partial charge in [0.1, 0.15) is 0 Å². The third kappa shape index (κ3) is 4.93. The molecule has 0 saturated heterocycles. The Morgan fingerprint density at radius 2 is 1.86 bits per heavy atom. The standard InChI is InChI=1S/C16H21N3O2/c1-12-8-13(6-5-7-17)10-14(9-12)16(21)19(4)11-15(20)18(2)3/h8-10H,7,11,17H2,1-4H3. The van der Waals surface area contributed by atoms with Gasteiger partial charge in [-0.05, 0) is 30.7 Å². The van der Waals surface area contributed by atoms with E-state index in [2.05, 4.69) is 11.8 Å². The van der Waals surface area contributed by atoms with E-state index in [4.69, 9.17) is 5.73 Å². The van der Waals surface area contributed by atoms with Gasteiger partial charge < -0.3 is 15.5 Å². The van der Waals surface area contributed by atoms with Crippen LogP contribution in [-0.2, 0) is 4.79 Å². The summed E-state index contributed by atoms with van der Waals surface area (Å²) >= 11 is 0. The molecule has 0 fully saturated rings. The van der Waals surface area contributed by atoms with Crippen molar-refractivity contribution in [3.63, 3.8) is 0 Å². The molecule has 2 amide bonds. The van der Waals surface area contributed by atoms with E-state index < -0.39 is 0 Å². The van der Waals surface area contributed by atoms with E-state index in [0.717, 1.165) is 11.1 Å². The summed E-state index contributed by atoms with van der Waals surface area (Å²) in [6.45, 7) is 2.22. The zero-order valence-electron chi connectivity index (χ0n) is 12.9. The fourth-order valence-electron chi connectivity index (χ4n) is 1.77. The molecule has 1 aromatic carbocycles. The van der Waals surface area contributed by atoms with Crippen LogP contribution >= 0.6 is 0 Å². The van der Waals surface area contributed by atoms with Crippen LogP contribution in [0.1, 0.15) is 21.5 Å². The molecule has 0 atom stereocenters. The van der Waals surface area contributed by atoms with E-state index in [9.17, 15) is 9.59 Å². The maximum atomic E-state index is 12.4. The molecule has 0 aromatic heterocycles. The van der Waals surface area contributed by atoms with Crippen molar-refractivity contribution in [2.24, 2.45) is 5.73 Å². The third-order valence-electron chi connectivity index (χ3n) is 2.88. The monoisotopic (exact) mass is 287 g/mol. The predicted octanol–water partition coefficient (Wildman–Crippen LogP) is 0.465. The summed E-state index contributed by atoms with van der Waals surface area (Å²) in [5, 5.41) is 0. The van der Waals surface area contributed by atoms with Gasteiger partial charge in [-0.3, -0.25) is 9.59 Å². The first-order valence-corrected chi connectivity index (χ1v) is 6.61. The maximum absolute atomic E-state index is 12.4. The highest BCUT2D eigenvalue weighted by molar-refractivity contribution is 5.96. The lowest BCUT2D eigenvalue weighted by molar-refractivity contribution is -0.129. The molecule has 0 bridgehead atoms. The van der Waals surface area contributed by atoms with Crippen molar-refractivity contribution in [1.29, 1.82) is 0 Å². The van der Waals surface area contributed by atoms with Gasteiger partial charge in [0.25, 0.3) is 5.91 Å². The highest BCUT2D eigenvalue weighted by Crippen LogP contribution is 2.11. The van der Waals surface area contributed by atoms with E-state index in [1.807, 2.05) is 13.0 Å². The van der Waals surface area contributed by atoms with Crippen LogP contribution in [-0.4, -0.2) is 55.8 Å². The second kappa shape index (κ2) is 7.46. The Balaban J connectivity index is 2.96. The first-order valence-electron chi connectivity index (χ1n) is 6.61. The van der Waals surface area contributed by atoms with E-state index in [1.54, 1.807) is 33.3 Å². The number of nitrogens with two attached hydrogens (primary N) is 1. The Bertz CT molecular complexity index is 597. The van der Waals surface area contributed by atoms with Crippen LogP contribution in [0.2, 0.25) is 0 Å². The molecular weight excluding hydrogens is 266 g/mol. The van der Waals surface area contributed by atoms with Crippen LogP contribution in [0.4, 0.5) is 0 Å². The Kier molecular flexibility index (Phi) is 5.94. The number of benzene rings is 1. The Morgan fingerprint density at radius 3 is 2.43 bits per heavy atom. The van der Waals surface area contributed by atoms with Crippen molar-refractivity contribution < 1.29 is 9.59 Å². The molecule has 0 spiro atoms. The largest absolute Gasteiger partial charge is 0.347 e. The number of rotatable bonds is 3. The number of carbonyl (C=O) groups is 2. The highest BCUT2D eigenvalue weighted by Gasteiger charge is 2.16. The van der Waals surface area contributed by atoms with Gasteiger partial charge in [0, 0.05) is 32.3 Å². The average molecular weight is 287 g/mol. The lowest BCUT2D eigenvalue weighted by Crippen LogP contribution is -2.37. The Hall–Kier alpha value is -2.32. The Labute approximate surface area is 125 Å². The van der Waals surface area contributed by atoms with Gasteiger partial charge in [0.05, 0.1) is 13.1 Å². The lowest BCUT2D eigenvalue weighted by Gasteiger charge is -2.19. The second-order valence-electron chi connectivity index (χ2n) is 5.04. The molecule has 112 valence electrons. The van der Waals surface area contributed by atoms with Crippen molar-refractivity contribution in [2.45, 2.75) is 6.92 Å². The number of amides is 2. The minimum atomic E-state index is -0.204. The summed E-state index contributed by atoms with van der Waals surface area (Å²) in [5.41, 5.74) is 7.56. The molecule has 1 rings (SSSR count). The highest BCUT2D eigenvalue weighted by atomic mass is 16.2.